The van der Waals surface area contributed by atoms with E-state index in [1.165, 1.54) is 5.56 Å². The number of hydrogen-bond acceptors (Lipinski definition) is 3. The number of aliphatic hydroxyl groups excluding tert-OH is 1. The Balaban J connectivity index is 2.42. The van der Waals surface area contributed by atoms with E-state index in [0.717, 1.165) is 25.1 Å². The SMILES string of the molecule is CCNC(C)Cc1ccc(OCC(O)CC)cc1. The van der Waals surface area contributed by atoms with Gasteiger partial charge in [0.05, 0.1) is 6.10 Å². The molecule has 2 atom stereocenters. The van der Waals surface area contributed by atoms with Crippen LogP contribution in [0.2, 0.25) is 0 Å². The van der Waals surface area contributed by atoms with Crippen LogP contribution in [0.15, 0.2) is 24.3 Å². The van der Waals surface area contributed by atoms with Crippen LogP contribution in [0.3, 0.4) is 0 Å². The van der Waals surface area contributed by atoms with Gasteiger partial charge >= 0.3 is 0 Å². The fraction of sp³-hybridized carbons (Fsp3) is 0.600. The molecule has 1 aromatic rings. The number of likely N-dealkylation sites (N-methyl/N-ethyl adjacent to an activating group) is 1. The lowest BCUT2D eigenvalue weighted by Crippen LogP contribution is -2.27. The molecule has 0 fully saturated rings. The van der Waals surface area contributed by atoms with Crippen molar-refractivity contribution in [3.05, 3.63) is 29.8 Å². The zero-order chi connectivity index (χ0) is 13.4. The lowest BCUT2D eigenvalue weighted by atomic mass is 10.1. The monoisotopic (exact) mass is 251 g/mol. The van der Waals surface area contributed by atoms with E-state index in [1.807, 2.05) is 19.1 Å². The maximum Gasteiger partial charge on any atom is 0.119 e. The van der Waals surface area contributed by atoms with Gasteiger partial charge in [-0.2, -0.15) is 0 Å². The Morgan fingerprint density at radius 3 is 2.44 bits per heavy atom. The number of benzene rings is 1. The van der Waals surface area contributed by atoms with Crippen molar-refractivity contribution in [2.45, 2.75) is 45.8 Å². The Hall–Kier alpha value is -1.06. The molecular formula is C15H25NO2. The van der Waals surface area contributed by atoms with E-state index in [2.05, 4.69) is 31.3 Å². The average molecular weight is 251 g/mol. The molecule has 0 aliphatic heterocycles. The molecule has 0 saturated carbocycles. The van der Waals surface area contributed by atoms with Crippen molar-refractivity contribution in [1.29, 1.82) is 0 Å². The summed E-state index contributed by atoms with van der Waals surface area (Å²) < 4.78 is 5.50. The van der Waals surface area contributed by atoms with Crippen molar-refractivity contribution in [3.63, 3.8) is 0 Å². The van der Waals surface area contributed by atoms with Gasteiger partial charge in [0.1, 0.15) is 12.4 Å². The first kappa shape index (κ1) is 15.0. The number of nitrogens with one attached hydrogen (secondary N) is 1. The van der Waals surface area contributed by atoms with Crippen molar-refractivity contribution in [3.8, 4) is 5.75 Å². The van der Waals surface area contributed by atoms with Gasteiger partial charge in [-0.05, 0) is 44.0 Å². The van der Waals surface area contributed by atoms with E-state index < -0.39 is 0 Å². The smallest absolute Gasteiger partial charge is 0.119 e. The largest absolute Gasteiger partial charge is 0.491 e. The summed E-state index contributed by atoms with van der Waals surface area (Å²) in [6.07, 6.45) is 1.36. The average Bonchev–Trinajstić information content (AvgIpc) is 2.37. The van der Waals surface area contributed by atoms with E-state index in [4.69, 9.17) is 4.74 Å². The summed E-state index contributed by atoms with van der Waals surface area (Å²) in [7, 11) is 0. The standard InChI is InChI=1S/C15H25NO2/c1-4-14(17)11-18-15-8-6-13(7-9-15)10-12(3)16-5-2/h6-9,12,14,16-17H,4-5,10-11H2,1-3H3. The topological polar surface area (TPSA) is 41.5 Å². The molecule has 1 rings (SSSR count). The second-order valence-electron chi connectivity index (χ2n) is 4.68. The van der Waals surface area contributed by atoms with Crippen molar-refractivity contribution >= 4 is 0 Å². The highest BCUT2D eigenvalue weighted by atomic mass is 16.5. The van der Waals surface area contributed by atoms with E-state index in [1.54, 1.807) is 0 Å². The maximum atomic E-state index is 9.42. The first-order chi connectivity index (χ1) is 8.65. The van der Waals surface area contributed by atoms with Crippen molar-refractivity contribution in [2.24, 2.45) is 0 Å². The Morgan fingerprint density at radius 2 is 1.89 bits per heavy atom. The predicted octanol–water partition coefficient (Wildman–Crippen LogP) is 2.38. The van der Waals surface area contributed by atoms with Gasteiger partial charge in [0.25, 0.3) is 0 Å². The number of hydrogen-bond donors (Lipinski definition) is 2. The van der Waals surface area contributed by atoms with Crippen LogP contribution in [-0.4, -0.2) is 30.4 Å². The molecule has 2 N–H and O–H groups in total. The van der Waals surface area contributed by atoms with Gasteiger partial charge in [-0.3, -0.25) is 0 Å². The molecule has 0 aliphatic rings. The van der Waals surface area contributed by atoms with E-state index >= 15 is 0 Å². The number of rotatable bonds is 8. The highest BCUT2D eigenvalue weighted by Gasteiger charge is 2.04. The molecule has 3 heteroatoms. The Kier molecular flexibility index (Phi) is 6.76. The van der Waals surface area contributed by atoms with Crippen molar-refractivity contribution in [2.75, 3.05) is 13.2 Å². The maximum absolute atomic E-state index is 9.42. The normalized spacial score (nSPS) is 14.2. The molecule has 0 heterocycles. The molecule has 102 valence electrons. The Bertz CT molecular complexity index is 324. The third-order valence-corrected chi connectivity index (χ3v) is 2.93. The highest BCUT2D eigenvalue weighted by molar-refractivity contribution is 5.27. The predicted molar refractivity (Wildman–Crippen MR) is 75.1 cm³/mol. The molecule has 0 spiro atoms. The first-order valence-electron chi connectivity index (χ1n) is 6.78. The Labute approximate surface area is 110 Å². The van der Waals surface area contributed by atoms with Crippen LogP contribution in [0.25, 0.3) is 0 Å². The van der Waals surface area contributed by atoms with E-state index in [-0.39, 0.29) is 6.10 Å². The van der Waals surface area contributed by atoms with Crippen LogP contribution in [0.5, 0.6) is 5.75 Å². The van der Waals surface area contributed by atoms with E-state index in [0.29, 0.717) is 12.6 Å². The Morgan fingerprint density at radius 1 is 1.22 bits per heavy atom. The first-order valence-corrected chi connectivity index (χ1v) is 6.78. The summed E-state index contributed by atoms with van der Waals surface area (Å²) in [5.41, 5.74) is 1.30. The minimum absolute atomic E-state index is 0.365. The fourth-order valence-corrected chi connectivity index (χ4v) is 1.81. The van der Waals surface area contributed by atoms with Crippen LogP contribution in [0.4, 0.5) is 0 Å². The molecule has 0 bridgehead atoms. The van der Waals surface area contributed by atoms with Gasteiger partial charge in [-0.15, -0.1) is 0 Å². The van der Waals surface area contributed by atoms with Gasteiger partial charge in [-0.25, -0.2) is 0 Å². The molecule has 0 saturated heterocycles. The fourth-order valence-electron chi connectivity index (χ4n) is 1.81. The third-order valence-electron chi connectivity index (χ3n) is 2.93. The summed E-state index contributed by atoms with van der Waals surface area (Å²) >= 11 is 0. The molecular weight excluding hydrogens is 226 g/mol. The van der Waals surface area contributed by atoms with Gasteiger partial charge in [-0.1, -0.05) is 26.0 Å². The van der Waals surface area contributed by atoms with Gasteiger partial charge < -0.3 is 15.2 Å². The lowest BCUT2D eigenvalue weighted by Gasteiger charge is -2.13. The lowest BCUT2D eigenvalue weighted by molar-refractivity contribution is 0.104. The zero-order valence-corrected chi connectivity index (χ0v) is 11.6. The molecule has 0 radical (unpaired) electrons. The number of ether oxygens (including phenoxy) is 1. The van der Waals surface area contributed by atoms with Crippen LogP contribution in [0.1, 0.15) is 32.8 Å². The van der Waals surface area contributed by atoms with Crippen LogP contribution >= 0.6 is 0 Å². The molecule has 0 aromatic heterocycles. The quantitative estimate of drug-likeness (QED) is 0.745. The molecule has 0 amide bonds. The van der Waals surface area contributed by atoms with Crippen molar-refractivity contribution < 1.29 is 9.84 Å². The summed E-state index contributed by atoms with van der Waals surface area (Å²) in [5.74, 6) is 0.822. The molecule has 0 aliphatic carbocycles. The summed E-state index contributed by atoms with van der Waals surface area (Å²) in [6.45, 7) is 7.61. The number of aliphatic hydroxyl groups is 1. The third kappa shape index (κ3) is 5.52. The molecule has 1 aromatic carbocycles. The summed E-state index contributed by atoms with van der Waals surface area (Å²) in [6, 6.07) is 8.60. The second kappa shape index (κ2) is 8.11. The van der Waals surface area contributed by atoms with Gasteiger partial charge in [0.2, 0.25) is 0 Å². The zero-order valence-electron chi connectivity index (χ0n) is 11.6. The van der Waals surface area contributed by atoms with Crippen LogP contribution in [-0.2, 0) is 6.42 Å². The molecule has 3 nitrogen and oxygen atoms in total. The highest BCUT2D eigenvalue weighted by Crippen LogP contribution is 2.14. The van der Waals surface area contributed by atoms with Crippen molar-refractivity contribution in [1.82, 2.24) is 5.32 Å². The van der Waals surface area contributed by atoms with E-state index in [9.17, 15) is 5.11 Å². The summed E-state index contributed by atoms with van der Waals surface area (Å²) in [4.78, 5) is 0. The van der Waals surface area contributed by atoms with Gasteiger partial charge in [0, 0.05) is 6.04 Å². The molecule has 18 heavy (non-hydrogen) atoms. The van der Waals surface area contributed by atoms with Crippen LogP contribution in [0, 0.1) is 0 Å². The minimum Gasteiger partial charge on any atom is -0.491 e. The second-order valence-corrected chi connectivity index (χ2v) is 4.68. The molecule has 2 unspecified atom stereocenters. The summed E-state index contributed by atoms with van der Waals surface area (Å²) in [5, 5.41) is 12.8. The van der Waals surface area contributed by atoms with Crippen LogP contribution < -0.4 is 10.1 Å². The minimum atomic E-state index is -0.376. The van der Waals surface area contributed by atoms with Gasteiger partial charge in [0.15, 0.2) is 0 Å².